The van der Waals surface area contributed by atoms with Gasteiger partial charge < -0.3 is 14.9 Å². The fourth-order valence-electron chi connectivity index (χ4n) is 2.15. The number of amides is 1. The van der Waals surface area contributed by atoms with E-state index in [1.807, 2.05) is 19.9 Å². The van der Waals surface area contributed by atoms with Crippen LogP contribution in [0.3, 0.4) is 0 Å². The normalized spacial score (nSPS) is 10.4. The van der Waals surface area contributed by atoms with Crippen molar-refractivity contribution < 1.29 is 14.8 Å². The van der Waals surface area contributed by atoms with Crippen LogP contribution in [0, 0.1) is 0 Å². The van der Waals surface area contributed by atoms with Crippen molar-refractivity contribution in [1.82, 2.24) is 4.90 Å². The number of benzene rings is 1. The lowest BCUT2D eigenvalue weighted by Crippen LogP contribution is -2.40. The maximum Gasteiger partial charge on any atom is 0.489 e. The van der Waals surface area contributed by atoms with Gasteiger partial charge in [-0.25, -0.2) is 0 Å². The minimum Gasteiger partial charge on any atom is -0.423 e. The lowest BCUT2D eigenvalue weighted by molar-refractivity contribution is 0.0774. The van der Waals surface area contributed by atoms with Gasteiger partial charge >= 0.3 is 7.12 Å². The van der Waals surface area contributed by atoms with Crippen LogP contribution in [0.4, 0.5) is 0 Å². The van der Waals surface area contributed by atoms with E-state index in [1.54, 1.807) is 17.0 Å². The average molecular weight is 263 g/mol. The molecule has 1 aromatic carbocycles. The van der Waals surface area contributed by atoms with E-state index in [2.05, 4.69) is 6.92 Å². The fraction of sp³-hybridized carbons (Fsp3) is 0.500. The zero-order valence-electron chi connectivity index (χ0n) is 11.9. The first-order chi connectivity index (χ1) is 9.04. The molecule has 0 fully saturated rings. The van der Waals surface area contributed by atoms with E-state index >= 15 is 0 Å². The first kappa shape index (κ1) is 15.7. The predicted octanol–water partition coefficient (Wildman–Crippen LogP) is 0.801. The smallest absolute Gasteiger partial charge is 0.423 e. The van der Waals surface area contributed by atoms with E-state index in [4.69, 9.17) is 0 Å². The van der Waals surface area contributed by atoms with Gasteiger partial charge in [0.25, 0.3) is 5.91 Å². The third-order valence-corrected chi connectivity index (χ3v) is 3.21. The maximum absolute atomic E-state index is 12.3. The van der Waals surface area contributed by atoms with E-state index in [1.165, 1.54) is 0 Å². The van der Waals surface area contributed by atoms with Crippen LogP contribution in [0.5, 0.6) is 0 Å². The minimum atomic E-state index is -1.62. The van der Waals surface area contributed by atoms with Gasteiger partial charge in [0.2, 0.25) is 0 Å². The van der Waals surface area contributed by atoms with Gasteiger partial charge in [-0.3, -0.25) is 4.79 Å². The van der Waals surface area contributed by atoms with E-state index in [0.29, 0.717) is 24.1 Å². The summed E-state index contributed by atoms with van der Waals surface area (Å²) in [6, 6.07) is 5.29. The molecule has 0 heterocycles. The molecule has 1 amide bonds. The van der Waals surface area contributed by atoms with Gasteiger partial charge in [-0.05, 0) is 37.4 Å². The number of hydrogen-bond acceptors (Lipinski definition) is 3. The van der Waals surface area contributed by atoms with Crippen LogP contribution in [0.15, 0.2) is 18.2 Å². The molecule has 1 rings (SSSR count). The lowest BCUT2D eigenvalue weighted by atomic mass is 9.75. The standard InChI is InChI=1S/C14H22BNO3/c1-4-7-11-8-9-12(13(10-11)15(18)19)14(17)16(5-2)6-3/h8-10,18-19H,4-7H2,1-3H3. The van der Waals surface area contributed by atoms with Crippen molar-refractivity contribution in [1.29, 1.82) is 0 Å². The molecule has 0 atom stereocenters. The molecule has 0 aliphatic heterocycles. The third kappa shape index (κ3) is 3.82. The summed E-state index contributed by atoms with van der Waals surface area (Å²) in [5.74, 6) is -0.156. The van der Waals surface area contributed by atoms with Crippen molar-refractivity contribution >= 4 is 18.5 Å². The Morgan fingerprint density at radius 2 is 1.84 bits per heavy atom. The molecule has 1 aromatic rings. The highest BCUT2D eigenvalue weighted by molar-refractivity contribution is 6.60. The molecule has 0 spiro atoms. The number of hydrogen-bond donors (Lipinski definition) is 2. The fourth-order valence-corrected chi connectivity index (χ4v) is 2.15. The Kier molecular flexibility index (Phi) is 6.05. The van der Waals surface area contributed by atoms with Crippen LogP contribution >= 0.6 is 0 Å². The molecule has 104 valence electrons. The molecular weight excluding hydrogens is 241 g/mol. The van der Waals surface area contributed by atoms with Crippen LogP contribution in [0.2, 0.25) is 0 Å². The molecule has 5 heteroatoms. The second-order valence-corrected chi connectivity index (χ2v) is 4.52. The predicted molar refractivity (Wildman–Crippen MR) is 77.5 cm³/mol. The maximum atomic E-state index is 12.3. The Morgan fingerprint density at radius 3 is 2.32 bits per heavy atom. The Bertz CT molecular complexity index is 431. The van der Waals surface area contributed by atoms with Crippen LogP contribution in [-0.4, -0.2) is 41.1 Å². The first-order valence-corrected chi connectivity index (χ1v) is 6.83. The summed E-state index contributed by atoms with van der Waals surface area (Å²) in [5.41, 5.74) is 1.68. The molecule has 2 N–H and O–H groups in total. The van der Waals surface area contributed by atoms with E-state index < -0.39 is 7.12 Å². The molecule has 0 aliphatic rings. The molecule has 0 unspecified atom stereocenters. The Morgan fingerprint density at radius 1 is 1.21 bits per heavy atom. The van der Waals surface area contributed by atoms with Crippen LogP contribution < -0.4 is 5.46 Å². The zero-order chi connectivity index (χ0) is 14.4. The molecule has 0 aliphatic carbocycles. The minimum absolute atomic E-state index is 0.156. The van der Waals surface area contributed by atoms with Gasteiger partial charge in [-0.1, -0.05) is 25.5 Å². The zero-order valence-corrected chi connectivity index (χ0v) is 11.9. The lowest BCUT2D eigenvalue weighted by Gasteiger charge is -2.20. The van der Waals surface area contributed by atoms with Gasteiger partial charge in [0, 0.05) is 18.7 Å². The van der Waals surface area contributed by atoms with Gasteiger partial charge in [-0.15, -0.1) is 0 Å². The molecule has 0 saturated carbocycles. The van der Waals surface area contributed by atoms with E-state index in [0.717, 1.165) is 18.4 Å². The summed E-state index contributed by atoms with van der Waals surface area (Å²) in [4.78, 5) is 14.0. The van der Waals surface area contributed by atoms with Crippen molar-refractivity contribution in [3.8, 4) is 0 Å². The van der Waals surface area contributed by atoms with Crippen molar-refractivity contribution in [2.45, 2.75) is 33.6 Å². The van der Waals surface area contributed by atoms with Crippen molar-refractivity contribution in [3.05, 3.63) is 29.3 Å². The summed E-state index contributed by atoms with van der Waals surface area (Å²) < 4.78 is 0. The quantitative estimate of drug-likeness (QED) is 0.746. The number of carbonyl (C=O) groups is 1. The second kappa shape index (κ2) is 7.31. The van der Waals surface area contributed by atoms with E-state index in [-0.39, 0.29) is 5.91 Å². The van der Waals surface area contributed by atoms with Crippen molar-refractivity contribution in [3.63, 3.8) is 0 Å². The van der Waals surface area contributed by atoms with Crippen LogP contribution in [0.25, 0.3) is 0 Å². The SMILES string of the molecule is CCCc1ccc(C(=O)N(CC)CC)c(B(O)O)c1. The topological polar surface area (TPSA) is 60.8 Å². The highest BCUT2D eigenvalue weighted by Gasteiger charge is 2.23. The highest BCUT2D eigenvalue weighted by atomic mass is 16.4. The molecule has 4 nitrogen and oxygen atoms in total. The highest BCUT2D eigenvalue weighted by Crippen LogP contribution is 2.08. The first-order valence-electron chi connectivity index (χ1n) is 6.83. The van der Waals surface area contributed by atoms with Crippen molar-refractivity contribution in [2.24, 2.45) is 0 Å². The van der Waals surface area contributed by atoms with Crippen LogP contribution in [-0.2, 0) is 6.42 Å². The number of aryl methyl sites for hydroxylation is 1. The monoisotopic (exact) mass is 263 g/mol. The average Bonchev–Trinajstić information content (AvgIpc) is 2.40. The number of nitrogens with zero attached hydrogens (tertiary/aromatic N) is 1. The molecule has 0 aromatic heterocycles. The Hall–Kier alpha value is -1.33. The molecule has 0 saturated heterocycles. The van der Waals surface area contributed by atoms with Gasteiger partial charge in [0.05, 0.1) is 0 Å². The summed E-state index contributed by atoms with van der Waals surface area (Å²) in [6.07, 6.45) is 1.84. The third-order valence-electron chi connectivity index (χ3n) is 3.21. The van der Waals surface area contributed by atoms with Crippen molar-refractivity contribution in [2.75, 3.05) is 13.1 Å². The molecular formula is C14H22BNO3. The van der Waals surface area contributed by atoms with Gasteiger partial charge in [0.1, 0.15) is 0 Å². The number of carbonyl (C=O) groups excluding carboxylic acids is 1. The number of rotatable bonds is 6. The Balaban J connectivity index is 3.15. The molecule has 19 heavy (non-hydrogen) atoms. The largest absolute Gasteiger partial charge is 0.489 e. The molecule has 0 radical (unpaired) electrons. The second-order valence-electron chi connectivity index (χ2n) is 4.52. The van der Waals surface area contributed by atoms with E-state index in [9.17, 15) is 14.8 Å². The summed E-state index contributed by atoms with van der Waals surface area (Å²) in [7, 11) is -1.62. The van der Waals surface area contributed by atoms with Crippen LogP contribution in [0.1, 0.15) is 43.1 Å². The Labute approximate surface area is 115 Å². The summed E-state index contributed by atoms with van der Waals surface area (Å²) >= 11 is 0. The van der Waals surface area contributed by atoms with Gasteiger partial charge in [0.15, 0.2) is 0 Å². The van der Waals surface area contributed by atoms with Gasteiger partial charge in [-0.2, -0.15) is 0 Å². The summed E-state index contributed by atoms with van der Waals surface area (Å²) in [5, 5.41) is 18.9. The molecule has 0 bridgehead atoms. The summed E-state index contributed by atoms with van der Waals surface area (Å²) in [6.45, 7) is 7.08.